The van der Waals surface area contributed by atoms with Gasteiger partial charge in [0.1, 0.15) is 0 Å². The molecule has 0 saturated carbocycles. The highest BCUT2D eigenvalue weighted by molar-refractivity contribution is 7.48. The Labute approximate surface area is 117 Å². The Morgan fingerprint density at radius 2 is 1.42 bits per heavy atom. The summed E-state index contributed by atoms with van der Waals surface area (Å²) in [4.78, 5) is 4.97. The van der Waals surface area contributed by atoms with E-state index in [1.807, 2.05) is 0 Å². The third-order valence-electron chi connectivity index (χ3n) is 3.97. The first-order chi connectivity index (χ1) is 8.77. The summed E-state index contributed by atoms with van der Waals surface area (Å²) in [5, 5.41) is 0. The van der Waals surface area contributed by atoms with E-state index in [0.717, 1.165) is 6.54 Å². The maximum atomic E-state index is 10.7. The predicted octanol–water partition coefficient (Wildman–Crippen LogP) is 2.41. The van der Waals surface area contributed by atoms with E-state index in [4.69, 9.17) is 0 Å². The van der Waals surface area contributed by atoms with Crippen LogP contribution in [-0.4, -0.2) is 63.0 Å². The smallest absolute Gasteiger partial charge is 0.290 e. The lowest BCUT2D eigenvalue weighted by Gasteiger charge is -2.24. The topological polar surface area (TPSA) is 51.2 Å². The highest BCUT2D eigenvalue weighted by Gasteiger charge is 2.36. The minimum absolute atomic E-state index is 0.616. The molecule has 0 aromatic rings. The van der Waals surface area contributed by atoms with Crippen molar-refractivity contribution in [3.05, 3.63) is 0 Å². The molecule has 116 valence electrons. The monoisotopic (exact) mass is 296 g/mol. The fourth-order valence-corrected chi connectivity index (χ4v) is 2.75. The summed E-state index contributed by atoms with van der Waals surface area (Å²) in [6.07, 6.45) is 0.616. The van der Waals surface area contributed by atoms with Gasteiger partial charge < -0.3 is 0 Å². The fraction of sp³-hybridized carbons (Fsp3) is 1.00. The molecule has 0 bridgehead atoms. The van der Waals surface area contributed by atoms with Gasteiger partial charge in [0, 0.05) is 33.4 Å². The summed E-state index contributed by atoms with van der Waals surface area (Å²) in [6.45, 7) is 10.3. The second-order valence-electron chi connectivity index (χ2n) is 4.60. The third kappa shape index (κ3) is 4.81. The van der Waals surface area contributed by atoms with Gasteiger partial charge in [0.15, 0.2) is 0 Å². The summed E-state index contributed by atoms with van der Waals surface area (Å²) >= 11 is 0. The number of phosphoric ester groups is 1. The molecule has 0 radical (unpaired) electrons. The zero-order chi connectivity index (χ0) is 15.2. The summed E-state index contributed by atoms with van der Waals surface area (Å²) in [5.41, 5.74) is 0. The molecule has 0 aromatic heterocycles. The minimum Gasteiger partial charge on any atom is -0.290 e. The van der Waals surface area contributed by atoms with Crippen molar-refractivity contribution < 1.29 is 18.1 Å². The molecule has 1 fully saturated rings. The van der Waals surface area contributed by atoms with Crippen LogP contribution in [0, 0.1) is 0 Å². The molecule has 0 aromatic carbocycles. The lowest BCUT2D eigenvalue weighted by Crippen LogP contribution is -2.36. The van der Waals surface area contributed by atoms with E-state index in [2.05, 4.69) is 58.1 Å². The minimum atomic E-state index is -3.16. The maximum absolute atomic E-state index is 10.7. The van der Waals surface area contributed by atoms with Gasteiger partial charge in [-0.2, -0.15) is 0 Å². The first-order valence-corrected chi connectivity index (χ1v) is 7.98. The van der Waals surface area contributed by atoms with Crippen LogP contribution in [0.2, 0.25) is 0 Å². The van der Waals surface area contributed by atoms with E-state index >= 15 is 0 Å². The largest absolute Gasteiger partial charge is 0.473 e. The normalized spacial score (nSPS) is 29.2. The molecule has 6 nitrogen and oxygen atoms in total. The van der Waals surface area contributed by atoms with Crippen LogP contribution >= 0.6 is 7.82 Å². The van der Waals surface area contributed by atoms with Gasteiger partial charge in [-0.1, -0.05) is 6.92 Å². The van der Waals surface area contributed by atoms with E-state index in [9.17, 15) is 4.57 Å². The molecule has 0 spiro atoms. The molecular weight excluding hydrogens is 267 g/mol. The highest BCUT2D eigenvalue weighted by atomic mass is 31.2. The Balaban J connectivity index is 0.000000362. The van der Waals surface area contributed by atoms with Crippen LogP contribution in [0.4, 0.5) is 0 Å². The number of hydrogen-bond donors (Lipinski definition) is 0. The summed E-state index contributed by atoms with van der Waals surface area (Å²) in [5.74, 6) is 0. The van der Waals surface area contributed by atoms with Crippen LogP contribution in [0.25, 0.3) is 0 Å². The molecule has 0 N–H and O–H groups in total. The Morgan fingerprint density at radius 1 is 1.00 bits per heavy atom. The standard InChI is InChI=1S/C9H20N2.C3H9O4P/c1-6-11-8(3)7(2)10(5)9(11)4;1-5-8(4,6-2)7-3/h7-9H,6H2,1-5H3;1-3H3. The van der Waals surface area contributed by atoms with Crippen molar-refractivity contribution in [1.82, 2.24) is 9.80 Å². The predicted molar refractivity (Wildman–Crippen MR) is 77.2 cm³/mol. The molecule has 3 atom stereocenters. The van der Waals surface area contributed by atoms with E-state index in [0.29, 0.717) is 18.2 Å². The van der Waals surface area contributed by atoms with Gasteiger partial charge in [0.2, 0.25) is 0 Å². The van der Waals surface area contributed by atoms with Crippen molar-refractivity contribution >= 4 is 7.82 Å². The third-order valence-corrected chi connectivity index (χ3v) is 5.31. The average Bonchev–Trinajstić information content (AvgIpc) is 2.62. The number of nitrogens with zero attached hydrogens (tertiary/aromatic N) is 2. The maximum Gasteiger partial charge on any atom is 0.473 e. The van der Waals surface area contributed by atoms with E-state index < -0.39 is 7.82 Å². The van der Waals surface area contributed by atoms with Gasteiger partial charge in [-0.25, -0.2) is 4.57 Å². The molecule has 1 aliphatic heterocycles. The lowest BCUT2D eigenvalue weighted by molar-refractivity contribution is 0.162. The van der Waals surface area contributed by atoms with Crippen LogP contribution in [-0.2, 0) is 18.1 Å². The van der Waals surface area contributed by atoms with Gasteiger partial charge >= 0.3 is 7.82 Å². The van der Waals surface area contributed by atoms with Crippen LogP contribution in [0.5, 0.6) is 0 Å². The molecule has 1 saturated heterocycles. The molecule has 1 aliphatic rings. The highest BCUT2D eigenvalue weighted by Crippen LogP contribution is 2.46. The Morgan fingerprint density at radius 3 is 1.53 bits per heavy atom. The van der Waals surface area contributed by atoms with Gasteiger partial charge in [-0.15, -0.1) is 0 Å². The molecule has 7 heteroatoms. The first kappa shape index (κ1) is 19.0. The van der Waals surface area contributed by atoms with Crippen molar-refractivity contribution in [2.24, 2.45) is 0 Å². The quantitative estimate of drug-likeness (QED) is 0.743. The van der Waals surface area contributed by atoms with Crippen LogP contribution in [0.15, 0.2) is 0 Å². The van der Waals surface area contributed by atoms with Gasteiger partial charge in [0.05, 0.1) is 6.17 Å². The number of likely N-dealkylation sites (N-methyl/N-ethyl adjacent to an activating group) is 2. The van der Waals surface area contributed by atoms with Crippen molar-refractivity contribution in [2.45, 2.75) is 45.9 Å². The van der Waals surface area contributed by atoms with Gasteiger partial charge in [-0.3, -0.25) is 23.4 Å². The van der Waals surface area contributed by atoms with Crippen molar-refractivity contribution in [3.63, 3.8) is 0 Å². The molecule has 1 rings (SSSR count). The number of phosphoric acid groups is 1. The molecule has 0 aliphatic carbocycles. The van der Waals surface area contributed by atoms with Gasteiger partial charge in [0.25, 0.3) is 0 Å². The zero-order valence-corrected chi connectivity index (χ0v) is 14.3. The molecular formula is C12H29N2O4P. The molecule has 0 amide bonds. The van der Waals surface area contributed by atoms with E-state index in [1.54, 1.807) is 0 Å². The summed E-state index contributed by atoms with van der Waals surface area (Å²) in [6, 6.07) is 1.41. The first-order valence-electron chi connectivity index (χ1n) is 6.52. The lowest BCUT2D eigenvalue weighted by atomic mass is 10.2. The Bertz CT molecular complexity index is 270. The Hall–Kier alpha value is 0.0300. The summed E-state index contributed by atoms with van der Waals surface area (Å²) in [7, 11) is 2.82. The van der Waals surface area contributed by atoms with E-state index in [1.165, 1.54) is 21.3 Å². The molecule has 1 heterocycles. The number of hydrogen-bond acceptors (Lipinski definition) is 6. The van der Waals surface area contributed by atoms with Crippen LogP contribution in [0.1, 0.15) is 27.7 Å². The fourth-order valence-electron chi connectivity index (χ4n) is 2.31. The second-order valence-corrected chi connectivity index (χ2v) is 6.59. The zero-order valence-electron chi connectivity index (χ0n) is 13.4. The molecule has 3 unspecified atom stereocenters. The van der Waals surface area contributed by atoms with Crippen molar-refractivity contribution in [2.75, 3.05) is 34.9 Å². The van der Waals surface area contributed by atoms with E-state index in [-0.39, 0.29) is 0 Å². The van der Waals surface area contributed by atoms with Crippen LogP contribution < -0.4 is 0 Å². The number of rotatable bonds is 4. The second kappa shape index (κ2) is 8.35. The average molecular weight is 296 g/mol. The van der Waals surface area contributed by atoms with Crippen LogP contribution in [0.3, 0.4) is 0 Å². The summed E-state index contributed by atoms with van der Waals surface area (Å²) < 4.78 is 23.7. The van der Waals surface area contributed by atoms with Crippen molar-refractivity contribution in [1.29, 1.82) is 0 Å². The Kier molecular flexibility index (Phi) is 8.36. The molecule has 19 heavy (non-hydrogen) atoms. The SMILES string of the molecule is CCN1C(C)C(C)N(C)C1C.COP(=O)(OC)OC. The van der Waals surface area contributed by atoms with Gasteiger partial charge in [-0.05, 0) is 34.4 Å². The van der Waals surface area contributed by atoms with Crippen molar-refractivity contribution in [3.8, 4) is 0 Å².